The highest BCUT2D eigenvalue weighted by molar-refractivity contribution is 6.39. The average Bonchev–Trinajstić information content (AvgIpc) is 3.34. The number of hydrogen-bond acceptors (Lipinski definition) is 13. The highest BCUT2D eigenvalue weighted by Gasteiger charge is 2.53. The molecule has 1 aliphatic carbocycles. The van der Waals surface area contributed by atoms with Gasteiger partial charge in [-0.25, -0.2) is 9.79 Å². The van der Waals surface area contributed by atoms with Crippen molar-refractivity contribution in [2.24, 2.45) is 57.0 Å². The summed E-state index contributed by atoms with van der Waals surface area (Å²) in [5.41, 5.74) is 13.5. The number of allylic oxidation sites excluding steroid dienone is 6. The number of aliphatic hydroxyl groups is 3. The van der Waals surface area contributed by atoms with Crippen molar-refractivity contribution < 1.29 is 58.2 Å². The summed E-state index contributed by atoms with van der Waals surface area (Å²) in [6.07, 6.45) is 10.5. The second-order valence-electron chi connectivity index (χ2n) is 21.2. The topological polar surface area (TPSA) is 266 Å². The Hall–Kier alpha value is -4.59. The molecule has 4 aliphatic rings. The largest absolute Gasteiger partial charge is 0.460 e. The van der Waals surface area contributed by atoms with Crippen molar-refractivity contribution in [2.75, 3.05) is 34.9 Å². The maximum absolute atomic E-state index is 14.5. The third-order valence-corrected chi connectivity index (χ3v) is 15.2. The van der Waals surface area contributed by atoms with Crippen LogP contribution in [0.5, 0.6) is 0 Å². The lowest BCUT2D eigenvalue weighted by Gasteiger charge is -2.42. The summed E-state index contributed by atoms with van der Waals surface area (Å²) in [6.45, 7) is 12.5. The van der Waals surface area contributed by atoms with Crippen LogP contribution in [0, 0.1) is 35.5 Å². The molecule has 0 spiro atoms. The lowest BCUT2D eigenvalue weighted by Crippen LogP contribution is -2.61. The Labute approximate surface area is 427 Å². The molecule has 72 heavy (non-hydrogen) atoms. The van der Waals surface area contributed by atoms with Crippen molar-refractivity contribution in [1.29, 1.82) is 0 Å². The van der Waals surface area contributed by atoms with Gasteiger partial charge in [0.05, 0.1) is 24.4 Å². The van der Waals surface area contributed by atoms with Gasteiger partial charge in [0.2, 0.25) is 11.7 Å². The summed E-state index contributed by atoms with van der Waals surface area (Å²) in [7, 11) is 6.35. The minimum absolute atomic E-state index is 0.0358. The molecule has 1 amide bonds. The Morgan fingerprint density at radius 2 is 1.62 bits per heavy atom. The number of aliphatic hydroxyl groups excluding tert-OH is 2. The first-order chi connectivity index (χ1) is 33.9. The predicted molar refractivity (Wildman–Crippen MR) is 275 cm³/mol. The molecule has 2 bridgehead atoms. The van der Waals surface area contributed by atoms with Crippen LogP contribution < -0.4 is 11.5 Å². The fourth-order valence-corrected chi connectivity index (χ4v) is 10.4. The molecule has 404 valence electrons. The number of carbonyl (C=O) groups excluding carboxylic acids is 5. The molecule has 4 rings (SSSR count). The van der Waals surface area contributed by atoms with E-state index in [0.29, 0.717) is 63.4 Å². The molecule has 2 saturated heterocycles. The van der Waals surface area contributed by atoms with Crippen LogP contribution in [0.25, 0.3) is 0 Å². The number of nitrogens with two attached hydrogens (primary N) is 2. The molecule has 0 aromatic carbocycles. The third-order valence-electron chi connectivity index (χ3n) is 15.2. The molecule has 0 aromatic heterocycles. The molecular weight excluding hydrogens is 925 g/mol. The molecule has 2 unspecified atom stereocenters. The third kappa shape index (κ3) is 16.2. The number of rotatable bonds is 6. The Balaban J connectivity index is 1.76. The summed E-state index contributed by atoms with van der Waals surface area (Å²) >= 11 is 0. The smallest absolute Gasteiger partial charge is 0.329 e. The number of nitrogens with zero attached hydrogens (tertiary/aromatic N) is 4. The van der Waals surface area contributed by atoms with Crippen molar-refractivity contribution in [2.45, 2.75) is 180 Å². The summed E-state index contributed by atoms with van der Waals surface area (Å²) in [5, 5.41) is 34.2. The van der Waals surface area contributed by atoms with E-state index >= 15 is 0 Å². The molecule has 1 saturated carbocycles. The minimum atomic E-state index is -2.53. The van der Waals surface area contributed by atoms with Crippen LogP contribution in [0.3, 0.4) is 0 Å². The summed E-state index contributed by atoms with van der Waals surface area (Å²) in [6, 6.07) is -1.85. The molecule has 0 radical (unpaired) electrons. The van der Waals surface area contributed by atoms with Gasteiger partial charge in [-0.3, -0.25) is 19.2 Å². The van der Waals surface area contributed by atoms with Crippen LogP contribution in [0.2, 0.25) is 0 Å². The zero-order valence-electron chi connectivity index (χ0n) is 44.7. The molecular formula is C54H86N6O12. The van der Waals surface area contributed by atoms with Crippen LogP contribution in [0.15, 0.2) is 57.6 Å². The van der Waals surface area contributed by atoms with Gasteiger partial charge in [-0.15, -0.1) is 0 Å². The van der Waals surface area contributed by atoms with Crippen LogP contribution in [0.1, 0.15) is 126 Å². The van der Waals surface area contributed by atoms with E-state index in [4.69, 9.17) is 30.4 Å². The Morgan fingerprint density at radius 1 is 0.917 bits per heavy atom. The van der Waals surface area contributed by atoms with Gasteiger partial charge < -0.3 is 55.5 Å². The van der Waals surface area contributed by atoms with Crippen LogP contribution in [0.4, 0.5) is 0 Å². The fourth-order valence-electron chi connectivity index (χ4n) is 10.4. The maximum Gasteiger partial charge on any atom is 0.329 e. The number of carbonyl (C=O) groups is 5. The van der Waals surface area contributed by atoms with Crippen LogP contribution in [-0.4, -0.2) is 156 Å². The van der Waals surface area contributed by atoms with E-state index in [1.54, 1.807) is 59.9 Å². The first-order valence-corrected chi connectivity index (χ1v) is 25.9. The highest BCUT2D eigenvalue weighted by Crippen LogP contribution is 2.38. The number of hydrogen-bond donors (Lipinski definition) is 5. The number of methoxy groups -OCH3 is 2. The molecule has 3 heterocycles. The Kier molecular flexibility index (Phi) is 23.0. The quantitative estimate of drug-likeness (QED) is 0.0792. The number of aliphatic imine (C=N–C) groups is 2. The molecule has 18 nitrogen and oxygen atoms in total. The first-order valence-electron chi connectivity index (χ1n) is 25.9. The predicted octanol–water partition coefficient (Wildman–Crippen LogP) is 4.73. The zero-order chi connectivity index (χ0) is 53.6. The summed E-state index contributed by atoms with van der Waals surface area (Å²) in [4.78, 5) is 83.0. The highest BCUT2D eigenvalue weighted by atomic mass is 16.6. The number of piperidine rings is 1. The number of fused-ring (bicyclic) bond motifs is 3. The van der Waals surface area contributed by atoms with Crippen LogP contribution >= 0.6 is 0 Å². The van der Waals surface area contributed by atoms with Gasteiger partial charge in [-0.05, 0) is 107 Å². The molecule has 0 aromatic rings. The Morgan fingerprint density at radius 3 is 2.29 bits per heavy atom. The van der Waals surface area contributed by atoms with Gasteiger partial charge in [-0.2, -0.15) is 4.99 Å². The number of amides is 1. The second kappa shape index (κ2) is 27.6. The summed E-state index contributed by atoms with van der Waals surface area (Å²) in [5.74, 6) is -8.46. The average molecular weight is 1010 g/mol. The number of ether oxygens (including phenoxy) is 4. The number of ketones is 3. The Bertz CT molecular complexity index is 2070. The van der Waals surface area contributed by atoms with Gasteiger partial charge in [0.25, 0.3) is 11.7 Å². The van der Waals surface area contributed by atoms with Gasteiger partial charge >= 0.3 is 5.97 Å². The van der Waals surface area contributed by atoms with Gasteiger partial charge in [0, 0.05) is 65.5 Å². The van der Waals surface area contributed by atoms with E-state index in [1.165, 1.54) is 7.11 Å². The molecule has 3 fully saturated rings. The van der Waals surface area contributed by atoms with Crippen LogP contribution in [-0.2, 0) is 42.9 Å². The van der Waals surface area contributed by atoms with E-state index in [9.17, 15) is 39.3 Å². The van der Waals surface area contributed by atoms with Crippen molar-refractivity contribution in [3.8, 4) is 0 Å². The van der Waals surface area contributed by atoms with Gasteiger partial charge in [0.15, 0.2) is 11.7 Å². The molecule has 7 N–H and O–H groups in total. The van der Waals surface area contributed by atoms with E-state index in [2.05, 4.69) is 9.98 Å². The van der Waals surface area contributed by atoms with E-state index in [-0.39, 0.29) is 73.2 Å². The first kappa shape index (κ1) is 60.0. The van der Waals surface area contributed by atoms with Crippen molar-refractivity contribution >= 4 is 41.1 Å². The van der Waals surface area contributed by atoms with Gasteiger partial charge in [0.1, 0.15) is 30.1 Å². The number of guanidine groups is 2. The standard InChI is InChI=1S/C54H86N6O12/c1-31-17-13-12-14-18-32(2)40(57-52(55)58-53(56)59(8)9)29-39-22-20-37(7)54(68,72-39)49(65)50(66)60-24-16-15-19-41(60)51(67)71-44(34(4)27-38-21-23-42(61)45(28-38)69-10)30-43(62)33(3)26-36(6)47(64)48(70-11)46(63)35(5)25-31/h12-14,17-18,26,31,33-35,37-42,44-45,47-48,61,64,68H,15-16,19-25,27-30H2,1-11H3,(H4,55,56,57,58)/b14-12+,17-13+,32-18-,36-26+/t31-,33-,34?,35-,37-,38-,39+,40+,41?,42-,44+,45-,47-,48+,54-/m1/s1. The maximum atomic E-state index is 14.5. The second-order valence-corrected chi connectivity index (χ2v) is 21.2. The normalized spacial score (nSPS) is 38.1. The lowest BCUT2D eigenvalue weighted by molar-refractivity contribution is -0.263. The van der Waals surface area contributed by atoms with Gasteiger partial charge in [-0.1, -0.05) is 71.1 Å². The summed E-state index contributed by atoms with van der Waals surface area (Å²) < 4.78 is 23.7. The number of esters is 1. The lowest BCUT2D eigenvalue weighted by atomic mass is 9.78. The van der Waals surface area contributed by atoms with E-state index in [0.717, 1.165) is 10.5 Å². The van der Waals surface area contributed by atoms with Crippen molar-refractivity contribution in [3.63, 3.8) is 0 Å². The molecule has 15 atom stereocenters. The molecule has 18 heteroatoms. The number of cyclic esters (lactones) is 1. The van der Waals surface area contributed by atoms with E-state index < -0.39 is 83.8 Å². The van der Waals surface area contributed by atoms with Crippen molar-refractivity contribution in [1.82, 2.24) is 9.80 Å². The molecule has 3 aliphatic heterocycles. The SMILES string of the molecule is CO[C@@H]1C[C@@H](CC(C)[C@@H]2CC(=O)[C@H](C)/C=C(\C)[C@@H](O)[C@@H](OC)C(=O)[C@H](C)C[C@H](C)/C=C/C=C/C=C(/C)[C@@H](N=C(N)/N=C(\N)N(C)C)C[C@@H]3CC[C@@H](C)[C@@](O)(O3)C(=O)C(=O)N3CCCCC3C(=O)O2)CC[C@H]1O. The minimum Gasteiger partial charge on any atom is -0.460 e. The van der Waals surface area contributed by atoms with E-state index in [1.807, 2.05) is 51.2 Å². The monoisotopic (exact) mass is 1010 g/mol. The fraction of sp³-hybridized carbons (Fsp3) is 0.722. The van der Waals surface area contributed by atoms with Crippen molar-refractivity contribution in [3.05, 3.63) is 47.6 Å². The zero-order valence-corrected chi connectivity index (χ0v) is 44.7. The number of Topliss-reactive ketones (excluding diaryl/α,β-unsaturated/α-hetero) is 3.